The summed E-state index contributed by atoms with van der Waals surface area (Å²) in [4.78, 5) is 2.45. The zero-order chi connectivity index (χ0) is 12.4. The number of nitrogens with zero attached hydrogens (tertiary/aromatic N) is 1. The minimum absolute atomic E-state index is 0.250. The van der Waals surface area contributed by atoms with Gasteiger partial charge in [-0.25, -0.2) is 0 Å². The van der Waals surface area contributed by atoms with Gasteiger partial charge in [-0.05, 0) is 53.2 Å². The third-order valence-electron chi connectivity index (χ3n) is 2.62. The van der Waals surface area contributed by atoms with Crippen LogP contribution < -0.4 is 5.32 Å². The highest BCUT2D eigenvalue weighted by Crippen LogP contribution is 2.00. The fourth-order valence-corrected chi connectivity index (χ4v) is 1.57. The Hall–Kier alpha value is -0.120. The lowest BCUT2D eigenvalue weighted by atomic mass is 10.1. The van der Waals surface area contributed by atoms with Crippen LogP contribution in [0.4, 0.5) is 0 Å². The molecule has 0 fully saturated rings. The van der Waals surface area contributed by atoms with Crippen LogP contribution in [0, 0.1) is 0 Å². The van der Waals surface area contributed by atoms with E-state index in [9.17, 15) is 0 Å². The van der Waals surface area contributed by atoms with Gasteiger partial charge < -0.3 is 15.0 Å². The van der Waals surface area contributed by atoms with Crippen LogP contribution in [0.5, 0.6) is 0 Å². The van der Waals surface area contributed by atoms with Crippen molar-refractivity contribution in [3.05, 3.63) is 0 Å². The summed E-state index contributed by atoms with van der Waals surface area (Å²) in [6.07, 6.45) is 2.52. The second kappa shape index (κ2) is 8.97. The van der Waals surface area contributed by atoms with Crippen LogP contribution in [0.15, 0.2) is 0 Å². The van der Waals surface area contributed by atoms with Gasteiger partial charge in [0.1, 0.15) is 0 Å². The van der Waals surface area contributed by atoms with Gasteiger partial charge in [0.2, 0.25) is 0 Å². The van der Waals surface area contributed by atoms with Crippen molar-refractivity contribution in [3.8, 4) is 0 Å². The highest BCUT2D eigenvalue weighted by molar-refractivity contribution is 4.69. The molecule has 0 amide bonds. The topological polar surface area (TPSA) is 24.5 Å². The molecule has 3 heteroatoms. The summed E-state index contributed by atoms with van der Waals surface area (Å²) in [5.74, 6) is 0. The van der Waals surface area contributed by atoms with Crippen molar-refractivity contribution in [2.24, 2.45) is 0 Å². The molecule has 1 N–H and O–H groups in total. The molecule has 0 rings (SSSR count). The molecule has 0 unspecified atom stereocenters. The molecule has 0 aliphatic carbocycles. The summed E-state index contributed by atoms with van der Waals surface area (Å²) >= 11 is 0. The molecule has 0 radical (unpaired) electrons. The molecular weight excluding hydrogens is 200 g/mol. The van der Waals surface area contributed by atoms with Gasteiger partial charge in [0.25, 0.3) is 0 Å². The van der Waals surface area contributed by atoms with Crippen molar-refractivity contribution in [2.45, 2.75) is 46.1 Å². The van der Waals surface area contributed by atoms with E-state index in [4.69, 9.17) is 4.74 Å². The Morgan fingerprint density at radius 1 is 1.12 bits per heavy atom. The van der Waals surface area contributed by atoms with E-state index in [2.05, 4.69) is 37.9 Å². The number of unbranched alkanes of at least 4 members (excludes halogenated alkanes) is 1. The number of hydrogen-bond acceptors (Lipinski definition) is 3. The van der Waals surface area contributed by atoms with Crippen molar-refractivity contribution in [1.82, 2.24) is 10.2 Å². The maximum Gasteiger partial charge on any atom is 0.0589 e. The molecular formula is C13H30N2O. The fourth-order valence-electron chi connectivity index (χ4n) is 1.57. The summed E-state index contributed by atoms with van der Waals surface area (Å²) in [6, 6.07) is 0. The van der Waals surface area contributed by atoms with Gasteiger partial charge in [-0.1, -0.05) is 6.92 Å². The standard InChI is InChI=1S/C13H30N2O/c1-6-15(11-12-16-5)10-8-7-9-14-13(2,3)4/h14H,6-12H2,1-5H3. The zero-order valence-electron chi connectivity index (χ0n) is 11.8. The van der Waals surface area contributed by atoms with Crippen molar-refractivity contribution in [3.63, 3.8) is 0 Å². The first-order valence-corrected chi connectivity index (χ1v) is 6.46. The van der Waals surface area contributed by atoms with Gasteiger partial charge in [-0.2, -0.15) is 0 Å². The van der Waals surface area contributed by atoms with Gasteiger partial charge in [0, 0.05) is 19.2 Å². The van der Waals surface area contributed by atoms with Gasteiger partial charge in [0.05, 0.1) is 6.61 Å². The highest BCUT2D eigenvalue weighted by Gasteiger charge is 2.07. The van der Waals surface area contributed by atoms with Gasteiger partial charge >= 0.3 is 0 Å². The van der Waals surface area contributed by atoms with E-state index in [1.54, 1.807) is 7.11 Å². The molecule has 0 heterocycles. The monoisotopic (exact) mass is 230 g/mol. The number of methoxy groups -OCH3 is 1. The van der Waals surface area contributed by atoms with Crippen LogP contribution in [-0.2, 0) is 4.74 Å². The molecule has 0 aromatic carbocycles. The van der Waals surface area contributed by atoms with Crippen LogP contribution in [0.3, 0.4) is 0 Å². The number of hydrogen-bond donors (Lipinski definition) is 1. The maximum absolute atomic E-state index is 5.09. The van der Waals surface area contributed by atoms with Crippen molar-refractivity contribution in [1.29, 1.82) is 0 Å². The van der Waals surface area contributed by atoms with Crippen molar-refractivity contribution >= 4 is 0 Å². The molecule has 3 nitrogen and oxygen atoms in total. The third kappa shape index (κ3) is 10.4. The molecule has 0 bridgehead atoms. The normalized spacial score (nSPS) is 12.4. The largest absolute Gasteiger partial charge is 0.383 e. The van der Waals surface area contributed by atoms with Crippen LogP contribution in [0.25, 0.3) is 0 Å². The predicted octanol–water partition coefficient (Wildman–Crippen LogP) is 2.12. The van der Waals surface area contributed by atoms with E-state index in [-0.39, 0.29) is 5.54 Å². The average Bonchev–Trinajstić information content (AvgIpc) is 2.20. The molecule has 0 saturated heterocycles. The summed E-state index contributed by atoms with van der Waals surface area (Å²) in [6.45, 7) is 14.2. The number of rotatable bonds is 9. The Kier molecular flexibility index (Phi) is 8.90. The number of likely N-dealkylation sites (N-methyl/N-ethyl adjacent to an activating group) is 1. The first kappa shape index (κ1) is 15.9. The van der Waals surface area contributed by atoms with E-state index >= 15 is 0 Å². The first-order valence-electron chi connectivity index (χ1n) is 6.46. The Labute approximate surface area is 102 Å². The van der Waals surface area contributed by atoms with Crippen molar-refractivity contribution in [2.75, 3.05) is 39.9 Å². The Bertz CT molecular complexity index is 155. The Balaban J connectivity index is 3.41. The lowest BCUT2D eigenvalue weighted by molar-refractivity contribution is 0.149. The molecule has 0 atom stereocenters. The first-order chi connectivity index (χ1) is 7.49. The third-order valence-corrected chi connectivity index (χ3v) is 2.62. The fraction of sp³-hybridized carbons (Fsp3) is 1.00. The van der Waals surface area contributed by atoms with E-state index in [0.29, 0.717) is 0 Å². The lowest BCUT2D eigenvalue weighted by Gasteiger charge is -2.22. The average molecular weight is 230 g/mol. The molecule has 98 valence electrons. The van der Waals surface area contributed by atoms with E-state index in [1.807, 2.05) is 0 Å². The van der Waals surface area contributed by atoms with E-state index in [1.165, 1.54) is 19.4 Å². The zero-order valence-corrected chi connectivity index (χ0v) is 11.8. The number of ether oxygens (including phenoxy) is 1. The summed E-state index contributed by atoms with van der Waals surface area (Å²) < 4.78 is 5.09. The quantitative estimate of drug-likeness (QED) is 0.614. The molecule has 0 aromatic heterocycles. The van der Waals surface area contributed by atoms with Crippen LogP contribution in [-0.4, -0.2) is 50.3 Å². The smallest absolute Gasteiger partial charge is 0.0589 e. The molecule has 0 aliphatic heterocycles. The van der Waals surface area contributed by atoms with E-state index in [0.717, 1.165) is 26.2 Å². The predicted molar refractivity (Wildman–Crippen MR) is 71.0 cm³/mol. The minimum atomic E-state index is 0.250. The van der Waals surface area contributed by atoms with Crippen LogP contribution in [0.2, 0.25) is 0 Å². The SMILES string of the molecule is CCN(CCCCNC(C)(C)C)CCOC. The molecule has 16 heavy (non-hydrogen) atoms. The van der Waals surface area contributed by atoms with Crippen molar-refractivity contribution < 1.29 is 4.74 Å². The lowest BCUT2D eigenvalue weighted by Crippen LogP contribution is -2.36. The molecule has 0 aliphatic rings. The van der Waals surface area contributed by atoms with Gasteiger partial charge in [-0.3, -0.25) is 0 Å². The minimum Gasteiger partial charge on any atom is -0.383 e. The number of nitrogens with one attached hydrogen (secondary N) is 1. The maximum atomic E-state index is 5.09. The van der Waals surface area contributed by atoms with E-state index < -0.39 is 0 Å². The van der Waals surface area contributed by atoms with Gasteiger partial charge in [-0.15, -0.1) is 0 Å². The Morgan fingerprint density at radius 2 is 1.81 bits per heavy atom. The summed E-state index contributed by atoms with van der Waals surface area (Å²) in [7, 11) is 1.76. The van der Waals surface area contributed by atoms with Crippen LogP contribution in [0.1, 0.15) is 40.5 Å². The molecule has 0 saturated carbocycles. The molecule has 0 spiro atoms. The highest BCUT2D eigenvalue weighted by atomic mass is 16.5. The summed E-state index contributed by atoms with van der Waals surface area (Å²) in [5.41, 5.74) is 0.250. The second-order valence-corrected chi connectivity index (χ2v) is 5.31. The Morgan fingerprint density at radius 3 is 2.31 bits per heavy atom. The second-order valence-electron chi connectivity index (χ2n) is 5.31. The van der Waals surface area contributed by atoms with Crippen LogP contribution >= 0.6 is 0 Å². The summed E-state index contributed by atoms with van der Waals surface area (Å²) in [5, 5.41) is 3.51. The van der Waals surface area contributed by atoms with Gasteiger partial charge in [0.15, 0.2) is 0 Å². The molecule has 0 aromatic rings.